The second-order valence-corrected chi connectivity index (χ2v) is 13.9. The van der Waals surface area contributed by atoms with Crippen LogP contribution in [-0.4, -0.2) is 9.97 Å². The molecule has 0 radical (unpaired) electrons. The van der Waals surface area contributed by atoms with Gasteiger partial charge in [0.2, 0.25) is 0 Å². The normalized spacial score (nSPS) is 14.3. The molecule has 4 heteroatoms. The summed E-state index contributed by atoms with van der Waals surface area (Å²) in [6, 6.07) is 43.1. The molecule has 1 fully saturated rings. The summed E-state index contributed by atoms with van der Waals surface area (Å²) in [5.74, 6) is 0.549. The minimum absolute atomic E-state index is 0.549. The number of fused-ring (bicyclic) bond motifs is 13. The van der Waals surface area contributed by atoms with E-state index in [0.717, 1.165) is 82.7 Å². The maximum absolute atomic E-state index is 6.96. The van der Waals surface area contributed by atoms with Crippen molar-refractivity contribution in [3.05, 3.63) is 133 Å². The Morgan fingerprint density at radius 2 is 1.22 bits per heavy atom. The Kier molecular flexibility index (Phi) is 6.00. The van der Waals surface area contributed by atoms with Gasteiger partial charge < -0.3 is 8.83 Å². The first-order chi connectivity index (χ1) is 24.8. The summed E-state index contributed by atoms with van der Waals surface area (Å²) in [5.41, 5.74) is 10.9. The Morgan fingerprint density at radius 1 is 0.500 bits per heavy atom. The minimum atomic E-state index is 0.549. The molecule has 0 aliphatic heterocycles. The fraction of sp³-hybridized carbons (Fsp3) is 0.130. The van der Waals surface area contributed by atoms with E-state index in [1.165, 1.54) is 53.8 Å². The van der Waals surface area contributed by atoms with Gasteiger partial charge >= 0.3 is 0 Å². The van der Waals surface area contributed by atoms with Gasteiger partial charge in [0.15, 0.2) is 0 Å². The molecule has 3 aromatic heterocycles. The van der Waals surface area contributed by atoms with Gasteiger partial charge in [0, 0.05) is 38.1 Å². The molecular formula is C46H32N2O2. The van der Waals surface area contributed by atoms with Crippen molar-refractivity contribution < 1.29 is 8.83 Å². The Hall–Kier alpha value is -6.00. The highest BCUT2D eigenvalue weighted by atomic mass is 16.3. The lowest BCUT2D eigenvalue weighted by Gasteiger charge is -2.23. The van der Waals surface area contributed by atoms with E-state index in [9.17, 15) is 0 Å². The molecule has 0 spiro atoms. The number of para-hydroxylation sites is 1. The molecule has 0 amide bonds. The van der Waals surface area contributed by atoms with Gasteiger partial charge in [-0.25, -0.2) is 4.98 Å². The fourth-order valence-electron chi connectivity index (χ4n) is 8.66. The number of nitrogens with zero attached hydrogens (tertiary/aromatic N) is 2. The van der Waals surface area contributed by atoms with Crippen molar-refractivity contribution in [2.24, 2.45) is 0 Å². The first-order valence-electron chi connectivity index (χ1n) is 17.8. The monoisotopic (exact) mass is 644 g/mol. The van der Waals surface area contributed by atoms with E-state index >= 15 is 0 Å². The molecule has 0 saturated heterocycles. The van der Waals surface area contributed by atoms with Crippen molar-refractivity contribution in [1.29, 1.82) is 0 Å². The van der Waals surface area contributed by atoms with Crippen molar-refractivity contribution in [3.63, 3.8) is 0 Å². The molecule has 1 aliphatic carbocycles. The van der Waals surface area contributed by atoms with Crippen molar-refractivity contribution in [1.82, 2.24) is 9.97 Å². The van der Waals surface area contributed by atoms with Crippen LogP contribution in [0.2, 0.25) is 0 Å². The summed E-state index contributed by atoms with van der Waals surface area (Å²) in [6.45, 7) is 0. The standard InChI is InChI=1S/C46H32N2O2/c1-2-11-27(12-3-1)30-24-37(45-38(25-30)35-21-22-41-42(46(35)50-45)36-19-8-9-20-40(36)49-41)28-13-10-14-29(23-28)39-26-47-43-33-17-6-4-15-31(33)32-16-5-7-18-34(32)44(43)48-39/h4-10,13-27H,1-3,11-12H2. The van der Waals surface area contributed by atoms with E-state index in [1.54, 1.807) is 0 Å². The van der Waals surface area contributed by atoms with Crippen LogP contribution in [-0.2, 0) is 0 Å². The van der Waals surface area contributed by atoms with Crippen LogP contribution in [0.1, 0.15) is 43.6 Å². The van der Waals surface area contributed by atoms with Crippen molar-refractivity contribution >= 4 is 76.5 Å². The average Bonchev–Trinajstić information content (AvgIpc) is 3.76. The van der Waals surface area contributed by atoms with E-state index in [0.29, 0.717) is 5.92 Å². The van der Waals surface area contributed by atoms with Crippen molar-refractivity contribution in [2.45, 2.75) is 38.0 Å². The van der Waals surface area contributed by atoms with Gasteiger partial charge in [-0.05, 0) is 77.1 Å². The van der Waals surface area contributed by atoms with Crippen LogP contribution in [0.5, 0.6) is 0 Å². The van der Waals surface area contributed by atoms with Crippen LogP contribution in [0.15, 0.2) is 136 Å². The zero-order valence-corrected chi connectivity index (χ0v) is 27.4. The van der Waals surface area contributed by atoms with Crippen LogP contribution >= 0.6 is 0 Å². The Bertz CT molecular complexity index is 2940. The summed E-state index contributed by atoms with van der Waals surface area (Å²) < 4.78 is 13.2. The third-order valence-electron chi connectivity index (χ3n) is 11.1. The van der Waals surface area contributed by atoms with Crippen LogP contribution in [0.4, 0.5) is 0 Å². The average molecular weight is 645 g/mol. The molecule has 11 rings (SSSR count). The lowest BCUT2D eigenvalue weighted by Crippen LogP contribution is -2.04. The second-order valence-electron chi connectivity index (χ2n) is 13.9. The van der Waals surface area contributed by atoms with Gasteiger partial charge in [0.1, 0.15) is 22.3 Å². The first kappa shape index (κ1) is 27.9. The molecule has 0 bridgehead atoms. The predicted molar refractivity (Wildman–Crippen MR) is 206 cm³/mol. The highest BCUT2D eigenvalue weighted by Crippen LogP contribution is 2.45. The largest absolute Gasteiger partial charge is 0.456 e. The SMILES string of the molecule is c1cc(-c2cnc3c4ccccc4c4ccccc4c3n2)cc(-c2cc(C3CCCCC3)cc3c2oc2c3ccc3oc4ccccc4c32)c1. The summed E-state index contributed by atoms with van der Waals surface area (Å²) in [6.07, 6.45) is 8.28. The maximum atomic E-state index is 6.96. The summed E-state index contributed by atoms with van der Waals surface area (Å²) in [7, 11) is 0. The number of hydrogen-bond donors (Lipinski definition) is 0. The molecule has 0 atom stereocenters. The predicted octanol–water partition coefficient (Wildman–Crippen LogP) is 13.1. The molecule has 0 N–H and O–H groups in total. The van der Waals surface area contributed by atoms with E-state index in [2.05, 4.69) is 109 Å². The molecule has 1 saturated carbocycles. The van der Waals surface area contributed by atoms with Crippen LogP contribution in [0.3, 0.4) is 0 Å². The molecule has 50 heavy (non-hydrogen) atoms. The van der Waals surface area contributed by atoms with E-state index in [1.807, 2.05) is 18.3 Å². The van der Waals surface area contributed by atoms with Gasteiger partial charge in [-0.1, -0.05) is 104 Å². The molecule has 7 aromatic carbocycles. The Morgan fingerprint density at radius 3 is 2.04 bits per heavy atom. The van der Waals surface area contributed by atoms with Crippen LogP contribution < -0.4 is 0 Å². The van der Waals surface area contributed by atoms with Gasteiger partial charge in [-0.2, -0.15) is 0 Å². The molecule has 238 valence electrons. The fourth-order valence-corrected chi connectivity index (χ4v) is 8.66. The Labute approximate surface area is 288 Å². The van der Waals surface area contributed by atoms with E-state index in [-0.39, 0.29) is 0 Å². The van der Waals surface area contributed by atoms with Gasteiger partial charge in [-0.15, -0.1) is 0 Å². The molecule has 4 nitrogen and oxygen atoms in total. The summed E-state index contributed by atoms with van der Waals surface area (Å²) in [4.78, 5) is 10.4. The third-order valence-corrected chi connectivity index (χ3v) is 11.1. The molecule has 10 aromatic rings. The van der Waals surface area contributed by atoms with Crippen LogP contribution in [0.25, 0.3) is 98.8 Å². The number of benzene rings is 7. The number of aromatic nitrogens is 2. The molecule has 0 unspecified atom stereocenters. The minimum Gasteiger partial charge on any atom is -0.456 e. The van der Waals surface area contributed by atoms with Gasteiger partial charge in [0.25, 0.3) is 0 Å². The van der Waals surface area contributed by atoms with Crippen molar-refractivity contribution in [2.75, 3.05) is 0 Å². The van der Waals surface area contributed by atoms with Gasteiger partial charge in [0.05, 0.1) is 28.3 Å². The molecular weight excluding hydrogens is 613 g/mol. The lowest BCUT2D eigenvalue weighted by molar-refractivity contribution is 0.444. The van der Waals surface area contributed by atoms with Crippen molar-refractivity contribution in [3.8, 4) is 22.4 Å². The smallest absolute Gasteiger partial charge is 0.147 e. The highest BCUT2D eigenvalue weighted by Gasteiger charge is 2.23. The zero-order valence-electron chi connectivity index (χ0n) is 27.4. The third kappa shape index (κ3) is 4.11. The van der Waals surface area contributed by atoms with E-state index < -0.39 is 0 Å². The molecule has 3 heterocycles. The first-order valence-corrected chi connectivity index (χ1v) is 17.8. The lowest BCUT2D eigenvalue weighted by atomic mass is 9.82. The highest BCUT2D eigenvalue weighted by molar-refractivity contribution is 6.24. The maximum Gasteiger partial charge on any atom is 0.147 e. The second kappa shape index (κ2) is 10.8. The van der Waals surface area contributed by atoms with E-state index in [4.69, 9.17) is 18.8 Å². The number of hydrogen-bond acceptors (Lipinski definition) is 4. The summed E-state index contributed by atoms with van der Waals surface area (Å²) in [5, 5.41) is 9.07. The summed E-state index contributed by atoms with van der Waals surface area (Å²) >= 11 is 0. The molecule has 1 aliphatic rings. The number of furan rings is 2. The van der Waals surface area contributed by atoms with Gasteiger partial charge in [-0.3, -0.25) is 4.98 Å². The van der Waals surface area contributed by atoms with Crippen LogP contribution in [0, 0.1) is 0 Å². The Balaban J connectivity index is 1.14. The zero-order chi connectivity index (χ0) is 32.8. The topological polar surface area (TPSA) is 52.1 Å². The number of rotatable bonds is 3. The quantitative estimate of drug-likeness (QED) is 0.180.